The van der Waals surface area contributed by atoms with Crippen molar-refractivity contribution in [3.8, 4) is 0 Å². The maximum absolute atomic E-state index is 11.7. The Hall–Kier alpha value is -0.810. The summed E-state index contributed by atoms with van der Waals surface area (Å²) in [6, 6.07) is 0.573. The summed E-state index contributed by atoms with van der Waals surface area (Å²) in [5, 5.41) is 16.2. The van der Waals surface area contributed by atoms with E-state index in [-0.39, 0.29) is 18.2 Å². The first-order valence-corrected chi connectivity index (χ1v) is 7.74. The number of alkyl carbamates (subject to hydrolysis) is 1. The molecular weight excluding hydrogens is 256 g/mol. The van der Waals surface area contributed by atoms with E-state index < -0.39 is 5.60 Å². The molecule has 0 radical (unpaired) electrons. The molecule has 2 aliphatic rings. The van der Waals surface area contributed by atoms with Crippen LogP contribution in [0.5, 0.6) is 0 Å². The van der Waals surface area contributed by atoms with Crippen molar-refractivity contribution in [2.24, 2.45) is 5.92 Å². The van der Waals surface area contributed by atoms with Gasteiger partial charge in [0.25, 0.3) is 0 Å². The zero-order chi connectivity index (χ0) is 14.8. The van der Waals surface area contributed by atoms with Crippen molar-refractivity contribution < 1.29 is 14.6 Å². The Balaban J connectivity index is 1.63. The van der Waals surface area contributed by atoms with Crippen LogP contribution < -0.4 is 10.6 Å². The Morgan fingerprint density at radius 3 is 2.50 bits per heavy atom. The summed E-state index contributed by atoms with van der Waals surface area (Å²) in [4.78, 5) is 11.7. The summed E-state index contributed by atoms with van der Waals surface area (Å²) in [6.07, 6.45) is 4.71. The van der Waals surface area contributed by atoms with Crippen LogP contribution in [-0.4, -0.2) is 41.5 Å². The van der Waals surface area contributed by atoms with Gasteiger partial charge < -0.3 is 20.5 Å². The van der Waals surface area contributed by atoms with E-state index in [0.717, 1.165) is 32.1 Å². The summed E-state index contributed by atoms with van der Waals surface area (Å²) >= 11 is 0. The number of aliphatic hydroxyl groups is 1. The van der Waals surface area contributed by atoms with Crippen LogP contribution in [0.4, 0.5) is 4.79 Å². The van der Waals surface area contributed by atoms with Crippen molar-refractivity contribution in [3.63, 3.8) is 0 Å². The number of nitrogens with one attached hydrogen (secondary N) is 2. The largest absolute Gasteiger partial charge is 0.444 e. The number of ether oxygens (including phenoxy) is 1. The van der Waals surface area contributed by atoms with Gasteiger partial charge in [-0.1, -0.05) is 0 Å². The van der Waals surface area contributed by atoms with E-state index in [2.05, 4.69) is 10.6 Å². The Labute approximate surface area is 121 Å². The molecule has 2 aliphatic carbocycles. The van der Waals surface area contributed by atoms with Crippen molar-refractivity contribution in [2.45, 2.75) is 76.7 Å². The molecule has 5 nitrogen and oxygen atoms in total. The van der Waals surface area contributed by atoms with Crippen LogP contribution in [0.2, 0.25) is 0 Å². The molecule has 0 bridgehead atoms. The molecular formula is C15H28N2O3. The summed E-state index contributed by atoms with van der Waals surface area (Å²) in [5.74, 6) is 0.514. The van der Waals surface area contributed by atoms with Crippen LogP contribution in [0, 0.1) is 5.92 Å². The number of hydrogen-bond donors (Lipinski definition) is 3. The fourth-order valence-electron chi connectivity index (χ4n) is 2.71. The molecule has 0 aromatic rings. The predicted molar refractivity (Wildman–Crippen MR) is 77.5 cm³/mol. The molecule has 5 heteroatoms. The van der Waals surface area contributed by atoms with Gasteiger partial charge >= 0.3 is 6.09 Å². The topological polar surface area (TPSA) is 70.6 Å². The Morgan fingerprint density at radius 2 is 1.90 bits per heavy atom. The van der Waals surface area contributed by atoms with Crippen molar-refractivity contribution in [1.82, 2.24) is 10.6 Å². The van der Waals surface area contributed by atoms with Crippen LogP contribution in [-0.2, 0) is 4.74 Å². The fourth-order valence-corrected chi connectivity index (χ4v) is 2.71. The molecule has 0 heterocycles. The molecule has 0 spiro atoms. The van der Waals surface area contributed by atoms with Crippen LogP contribution in [0.25, 0.3) is 0 Å². The highest BCUT2D eigenvalue weighted by Crippen LogP contribution is 2.32. The highest BCUT2D eigenvalue weighted by atomic mass is 16.6. The van der Waals surface area contributed by atoms with Gasteiger partial charge in [0.05, 0.1) is 6.10 Å². The quantitative estimate of drug-likeness (QED) is 0.720. The van der Waals surface area contributed by atoms with Crippen molar-refractivity contribution in [1.29, 1.82) is 0 Å². The van der Waals surface area contributed by atoms with E-state index in [0.29, 0.717) is 18.5 Å². The van der Waals surface area contributed by atoms with E-state index in [1.807, 2.05) is 20.8 Å². The lowest BCUT2D eigenvalue weighted by atomic mass is 10.2. The van der Waals surface area contributed by atoms with Gasteiger partial charge in [0.1, 0.15) is 5.60 Å². The predicted octanol–water partition coefficient (Wildman–Crippen LogP) is 1.79. The monoisotopic (exact) mass is 284 g/mol. The fraction of sp³-hybridized carbons (Fsp3) is 0.933. The van der Waals surface area contributed by atoms with E-state index in [1.54, 1.807) is 0 Å². The summed E-state index contributed by atoms with van der Waals surface area (Å²) in [7, 11) is 0. The smallest absolute Gasteiger partial charge is 0.407 e. The standard InChI is InChI=1S/C15H28N2O3/c1-15(2,3)20-14(19)17-12-7-6-11(8-12)16-9-13(18)10-4-5-10/h10-13,16,18H,4-9H2,1-3H3,(H,17,19). The second-order valence-electron chi connectivity index (χ2n) is 7.17. The van der Waals surface area contributed by atoms with Gasteiger partial charge in [0.15, 0.2) is 0 Å². The van der Waals surface area contributed by atoms with Crippen LogP contribution in [0.3, 0.4) is 0 Å². The van der Waals surface area contributed by atoms with Gasteiger partial charge in [-0.15, -0.1) is 0 Å². The van der Waals surface area contributed by atoms with Gasteiger partial charge in [0.2, 0.25) is 0 Å². The van der Waals surface area contributed by atoms with E-state index in [1.165, 1.54) is 0 Å². The number of hydrogen-bond acceptors (Lipinski definition) is 4. The Morgan fingerprint density at radius 1 is 1.25 bits per heavy atom. The molecule has 3 unspecified atom stereocenters. The third-order valence-corrected chi connectivity index (χ3v) is 3.94. The lowest BCUT2D eigenvalue weighted by Gasteiger charge is -2.22. The molecule has 0 aromatic carbocycles. The van der Waals surface area contributed by atoms with Crippen molar-refractivity contribution in [3.05, 3.63) is 0 Å². The zero-order valence-electron chi connectivity index (χ0n) is 12.8. The molecule has 116 valence electrons. The second-order valence-corrected chi connectivity index (χ2v) is 7.17. The van der Waals surface area contributed by atoms with Crippen molar-refractivity contribution >= 4 is 6.09 Å². The lowest BCUT2D eigenvalue weighted by Crippen LogP contribution is -2.40. The second kappa shape index (κ2) is 6.31. The minimum Gasteiger partial charge on any atom is -0.444 e. The highest BCUT2D eigenvalue weighted by molar-refractivity contribution is 5.68. The molecule has 2 fully saturated rings. The minimum absolute atomic E-state index is 0.181. The number of amides is 1. The molecule has 20 heavy (non-hydrogen) atoms. The average Bonchev–Trinajstić information content (AvgIpc) is 3.06. The first kappa shape index (κ1) is 15.6. The number of rotatable bonds is 5. The molecule has 1 amide bonds. The minimum atomic E-state index is -0.450. The normalized spacial score (nSPS) is 28.2. The Bertz CT molecular complexity index is 337. The van der Waals surface area contributed by atoms with Gasteiger partial charge in [-0.05, 0) is 58.8 Å². The number of carbonyl (C=O) groups excluding carboxylic acids is 1. The van der Waals surface area contributed by atoms with Crippen molar-refractivity contribution in [2.75, 3.05) is 6.54 Å². The third-order valence-electron chi connectivity index (χ3n) is 3.94. The first-order valence-electron chi connectivity index (χ1n) is 7.74. The van der Waals surface area contributed by atoms with E-state index >= 15 is 0 Å². The summed E-state index contributed by atoms with van der Waals surface area (Å²) in [5.41, 5.74) is -0.450. The molecule has 3 N–H and O–H groups in total. The number of carbonyl (C=O) groups is 1. The van der Waals surface area contributed by atoms with Gasteiger partial charge in [-0.2, -0.15) is 0 Å². The lowest BCUT2D eigenvalue weighted by molar-refractivity contribution is 0.0504. The SMILES string of the molecule is CC(C)(C)OC(=O)NC1CCC(NCC(O)C2CC2)C1. The molecule has 0 aromatic heterocycles. The van der Waals surface area contributed by atoms with Crippen LogP contribution in [0.15, 0.2) is 0 Å². The maximum Gasteiger partial charge on any atom is 0.407 e. The molecule has 2 rings (SSSR count). The Kier molecular flexibility index (Phi) is 4.91. The summed E-state index contributed by atoms with van der Waals surface area (Å²) < 4.78 is 5.26. The first-order chi connectivity index (χ1) is 9.33. The van der Waals surface area contributed by atoms with Gasteiger partial charge in [-0.25, -0.2) is 4.79 Å². The van der Waals surface area contributed by atoms with Gasteiger partial charge in [-0.3, -0.25) is 0 Å². The van der Waals surface area contributed by atoms with E-state index in [9.17, 15) is 9.90 Å². The molecule has 0 saturated heterocycles. The third kappa shape index (κ3) is 5.29. The maximum atomic E-state index is 11.7. The summed E-state index contributed by atoms with van der Waals surface area (Å²) in [6.45, 7) is 6.27. The van der Waals surface area contributed by atoms with Crippen LogP contribution >= 0.6 is 0 Å². The molecule has 3 atom stereocenters. The highest BCUT2D eigenvalue weighted by Gasteiger charge is 2.31. The number of aliphatic hydroxyl groups excluding tert-OH is 1. The average molecular weight is 284 g/mol. The van der Waals surface area contributed by atoms with E-state index in [4.69, 9.17) is 4.74 Å². The molecule has 2 saturated carbocycles. The molecule has 0 aliphatic heterocycles. The zero-order valence-corrected chi connectivity index (χ0v) is 12.8. The van der Waals surface area contributed by atoms with Gasteiger partial charge in [0, 0.05) is 18.6 Å². The van der Waals surface area contributed by atoms with Crippen LogP contribution in [0.1, 0.15) is 52.9 Å².